The molecule has 2 aromatic carbocycles. The van der Waals surface area contributed by atoms with Crippen molar-refractivity contribution >= 4 is 6.29 Å². The van der Waals surface area contributed by atoms with Crippen LogP contribution in [0.1, 0.15) is 17.5 Å². The third-order valence-electron chi connectivity index (χ3n) is 3.02. The maximum absolute atomic E-state index is 12.5. The molecule has 0 aliphatic heterocycles. The van der Waals surface area contributed by atoms with E-state index in [9.17, 15) is 18.0 Å². The van der Waals surface area contributed by atoms with Gasteiger partial charge in [0.25, 0.3) is 0 Å². The highest BCUT2D eigenvalue weighted by Crippen LogP contribution is 2.31. The number of hydrogen-bond acceptors (Lipinski definition) is 1. The topological polar surface area (TPSA) is 17.1 Å². The Kier molecular flexibility index (Phi) is 4.23. The molecule has 2 rings (SSSR count). The molecule has 0 saturated heterocycles. The predicted molar refractivity (Wildman–Crippen MR) is 71.3 cm³/mol. The summed E-state index contributed by atoms with van der Waals surface area (Å²) in [6.45, 7) is 0. The van der Waals surface area contributed by atoms with Crippen molar-refractivity contribution in [3.05, 3.63) is 59.7 Å². The Balaban J connectivity index is 2.25. The van der Waals surface area contributed by atoms with Gasteiger partial charge in [0.15, 0.2) is 0 Å². The molecule has 0 aromatic heterocycles. The maximum Gasteiger partial charge on any atom is 0.416 e. The van der Waals surface area contributed by atoms with Crippen LogP contribution in [0.5, 0.6) is 0 Å². The van der Waals surface area contributed by atoms with Gasteiger partial charge in [-0.3, -0.25) is 0 Å². The summed E-state index contributed by atoms with van der Waals surface area (Å²) in [4.78, 5) is 10.4. The zero-order valence-corrected chi connectivity index (χ0v) is 10.7. The van der Waals surface area contributed by atoms with Crippen LogP contribution >= 0.6 is 0 Å². The Hall–Kier alpha value is -2.10. The van der Waals surface area contributed by atoms with Gasteiger partial charge in [-0.05, 0) is 35.2 Å². The van der Waals surface area contributed by atoms with Crippen LogP contribution in [0.3, 0.4) is 0 Å². The first-order valence-corrected chi connectivity index (χ1v) is 6.21. The average Bonchev–Trinajstić information content (AvgIpc) is 2.45. The number of alkyl halides is 3. The molecule has 1 nitrogen and oxygen atoms in total. The summed E-state index contributed by atoms with van der Waals surface area (Å²) in [7, 11) is 0. The molecule has 2 aromatic rings. The standard InChI is InChI=1S/C16H13F3O/c17-16(18,19)15-8-6-13(7-9-15)14-5-1-3-12(11-14)4-2-10-20/h1,3,5-11H,2,4H2. The molecular weight excluding hydrogens is 265 g/mol. The zero-order chi connectivity index (χ0) is 14.6. The largest absolute Gasteiger partial charge is 0.416 e. The van der Waals surface area contributed by atoms with E-state index in [0.717, 1.165) is 35.1 Å². The molecule has 0 atom stereocenters. The number of aryl methyl sites for hydroxylation is 1. The molecule has 0 amide bonds. The summed E-state index contributed by atoms with van der Waals surface area (Å²) in [6.07, 6.45) is -2.39. The third kappa shape index (κ3) is 3.47. The molecular formula is C16H13F3O. The first-order valence-electron chi connectivity index (χ1n) is 6.21. The molecule has 4 heteroatoms. The van der Waals surface area contributed by atoms with Gasteiger partial charge in [0.2, 0.25) is 0 Å². The normalized spacial score (nSPS) is 11.3. The summed E-state index contributed by atoms with van der Waals surface area (Å²) < 4.78 is 37.5. The quantitative estimate of drug-likeness (QED) is 0.752. The number of hydrogen-bond donors (Lipinski definition) is 0. The molecule has 20 heavy (non-hydrogen) atoms. The third-order valence-corrected chi connectivity index (χ3v) is 3.02. The Morgan fingerprint density at radius 3 is 2.25 bits per heavy atom. The molecule has 0 aliphatic carbocycles. The monoisotopic (exact) mass is 278 g/mol. The molecule has 0 spiro atoms. The van der Waals surface area contributed by atoms with Crippen LogP contribution in [0.2, 0.25) is 0 Å². The van der Waals surface area contributed by atoms with Crippen LogP contribution in [0, 0.1) is 0 Å². The van der Waals surface area contributed by atoms with Crippen molar-refractivity contribution in [1.82, 2.24) is 0 Å². The second-order valence-electron chi connectivity index (χ2n) is 4.48. The van der Waals surface area contributed by atoms with E-state index >= 15 is 0 Å². The van der Waals surface area contributed by atoms with E-state index in [0.29, 0.717) is 12.8 Å². The molecule has 0 saturated carbocycles. The van der Waals surface area contributed by atoms with Crippen molar-refractivity contribution < 1.29 is 18.0 Å². The summed E-state index contributed by atoms with van der Waals surface area (Å²) in [5, 5.41) is 0. The minimum atomic E-state index is -4.32. The molecule has 0 fully saturated rings. The summed E-state index contributed by atoms with van der Waals surface area (Å²) in [5.41, 5.74) is 1.92. The van der Waals surface area contributed by atoms with Crippen LogP contribution in [0.4, 0.5) is 13.2 Å². The van der Waals surface area contributed by atoms with E-state index in [1.165, 1.54) is 12.1 Å². The number of carbonyl (C=O) groups excluding carboxylic acids is 1. The maximum atomic E-state index is 12.5. The van der Waals surface area contributed by atoms with Crippen molar-refractivity contribution in [2.24, 2.45) is 0 Å². The van der Waals surface area contributed by atoms with Crippen LogP contribution < -0.4 is 0 Å². The van der Waals surface area contributed by atoms with Crippen molar-refractivity contribution in [3.63, 3.8) is 0 Å². The fraction of sp³-hybridized carbons (Fsp3) is 0.188. The SMILES string of the molecule is O=CCCc1cccc(-c2ccc(C(F)(F)F)cc2)c1. The van der Waals surface area contributed by atoms with Crippen molar-refractivity contribution in [1.29, 1.82) is 0 Å². The zero-order valence-electron chi connectivity index (χ0n) is 10.7. The minimum absolute atomic E-state index is 0.441. The molecule has 0 bridgehead atoms. The lowest BCUT2D eigenvalue weighted by molar-refractivity contribution is -0.137. The average molecular weight is 278 g/mol. The number of carbonyl (C=O) groups is 1. The van der Waals surface area contributed by atoms with E-state index in [2.05, 4.69) is 0 Å². The van der Waals surface area contributed by atoms with E-state index in [1.807, 2.05) is 24.3 Å². The van der Waals surface area contributed by atoms with Gasteiger partial charge < -0.3 is 4.79 Å². The fourth-order valence-electron chi connectivity index (χ4n) is 1.98. The Labute approximate surface area is 115 Å². The van der Waals surface area contributed by atoms with E-state index < -0.39 is 11.7 Å². The number of benzene rings is 2. The van der Waals surface area contributed by atoms with Crippen LogP contribution in [-0.2, 0) is 17.4 Å². The summed E-state index contributed by atoms with van der Waals surface area (Å²) in [6, 6.07) is 12.5. The van der Waals surface area contributed by atoms with Gasteiger partial charge >= 0.3 is 6.18 Å². The Bertz CT molecular complexity index is 585. The first kappa shape index (κ1) is 14.3. The minimum Gasteiger partial charge on any atom is -0.303 e. The summed E-state index contributed by atoms with van der Waals surface area (Å²) in [5.74, 6) is 0. The van der Waals surface area contributed by atoms with Crippen LogP contribution in [0.25, 0.3) is 11.1 Å². The van der Waals surface area contributed by atoms with E-state index in [-0.39, 0.29) is 0 Å². The van der Waals surface area contributed by atoms with Gasteiger partial charge in [-0.2, -0.15) is 13.2 Å². The van der Waals surface area contributed by atoms with Crippen molar-refractivity contribution in [3.8, 4) is 11.1 Å². The second-order valence-corrected chi connectivity index (χ2v) is 4.48. The fourth-order valence-corrected chi connectivity index (χ4v) is 1.98. The van der Waals surface area contributed by atoms with Crippen LogP contribution in [0.15, 0.2) is 48.5 Å². The first-order chi connectivity index (χ1) is 9.50. The molecule has 104 valence electrons. The molecule has 0 radical (unpaired) electrons. The van der Waals surface area contributed by atoms with Gasteiger partial charge in [0.05, 0.1) is 5.56 Å². The van der Waals surface area contributed by atoms with Gasteiger partial charge in [-0.25, -0.2) is 0 Å². The van der Waals surface area contributed by atoms with E-state index in [1.54, 1.807) is 0 Å². The molecule has 0 aliphatic rings. The molecule has 0 N–H and O–H groups in total. The van der Waals surface area contributed by atoms with Crippen molar-refractivity contribution in [2.45, 2.75) is 19.0 Å². The highest BCUT2D eigenvalue weighted by Gasteiger charge is 2.29. The highest BCUT2D eigenvalue weighted by atomic mass is 19.4. The van der Waals surface area contributed by atoms with Gasteiger partial charge in [0, 0.05) is 6.42 Å². The molecule has 0 heterocycles. The van der Waals surface area contributed by atoms with E-state index in [4.69, 9.17) is 0 Å². The molecule has 0 unspecified atom stereocenters. The van der Waals surface area contributed by atoms with Crippen molar-refractivity contribution in [2.75, 3.05) is 0 Å². The lowest BCUT2D eigenvalue weighted by Crippen LogP contribution is -2.03. The van der Waals surface area contributed by atoms with Gasteiger partial charge in [0.1, 0.15) is 6.29 Å². The number of rotatable bonds is 4. The smallest absolute Gasteiger partial charge is 0.303 e. The summed E-state index contributed by atoms with van der Waals surface area (Å²) >= 11 is 0. The number of aldehydes is 1. The highest BCUT2D eigenvalue weighted by molar-refractivity contribution is 5.64. The lowest BCUT2D eigenvalue weighted by Gasteiger charge is -2.08. The van der Waals surface area contributed by atoms with Gasteiger partial charge in [-0.1, -0.05) is 36.4 Å². The number of halogens is 3. The Morgan fingerprint density at radius 2 is 1.65 bits per heavy atom. The lowest BCUT2D eigenvalue weighted by atomic mass is 10.00. The second kappa shape index (κ2) is 5.90. The van der Waals surface area contributed by atoms with Crippen LogP contribution in [-0.4, -0.2) is 6.29 Å². The predicted octanol–water partition coefficient (Wildman–Crippen LogP) is 4.50. The Morgan fingerprint density at radius 1 is 0.950 bits per heavy atom. The van der Waals surface area contributed by atoms with Gasteiger partial charge in [-0.15, -0.1) is 0 Å².